The number of hydrogen-bond acceptors (Lipinski definition) is 6. The van der Waals surface area contributed by atoms with Crippen molar-refractivity contribution in [2.24, 2.45) is 0 Å². The molecule has 2 aromatic rings. The minimum absolute atomic E-state index is 0.0194. The third-order valence-electron chi connectivity index (χ3n) is 4.44. The van der Waals surface area contributed by atoms with Gasteiger partial charge in [-0.3, -0.25) is 4.79 Å². The Kier molecular flexibility index (Phi) is 4.29. The molecule has 3 heterocycles. The first-order valence-corrected chi connectivity index (χ1v) is 9.03. The van der Waals surface area contributed by atoms with E-state index >= 15 is 0 Å². The number of carboxylic acid groups (broad SMARTS) is 1. The maximum atomic E-state index is 12.5. The number of ether oxygens (including phenoxy) is 3. The van der Waals surface area contributed by atoms with Crippen LogP contribution in [-0.4, -0.2) is 48.9 Å². The number of carbonyl (C=O) groups excluding carboxylic acids is 1. The van der Waals surface area contributed by atoms with Crippen molar-refractivity contribution >= 4 is 23.2 Å². The molecule has 1 fully saturated rings. The van der Waals surface area contributed by atoms with E-state index in [9.17, 15) is 14.7 Å². The van der Waals surface area contributed by atoms with Gasteiger partial charge in [-0.1, -0.05) is 0 Å². The predicted molar refractivity (Wildman–Crippen MR) is 94.0 cm³/mol. The summed E-state index contributed by atoms with van der Waals surface area (Å²) in [5.41, 5.74) is -0.437. The van der Waals surface area contributed by atoms with Crippen molar-refractivity contribution in [3.05, 3.63) is 35.2 Å². The summed E-state index contributed by atoms with van der Waals surface area (Å²) in [6.45, 7) is 1.34. The summed E-state index contributed by atoms with van der Waals surface area (Å²) in [7, 11) is 0. The summed E-state index contributed by atoms with van der Waals surface area (Å²) in [4.78, 5) is 25.4. The lowest BCUT2D eigenvalue weighted by Crippen LogP contribution is -2.55. The van der Waals surface area contributed by atoms with Gasteiger partial charge < -0.3 is 24.6 Å². The topological polar surface area (TPSA) is 94.1 Å². The average Bonchev–Trinajstić information content (AvgIpc) is 3.31. The molecule has 2 aliphatic rings. The molecular formula is C18H17NO6S. The molecule has 4 rings (SSSR count). The number of thiophene rings is 1. The van der Waals surface area contributed by atoms with Crippen molar-refractivity contribution in [3.8, 4) is 21.9 Å². The molecule has 1 atom stereocenters. The normalized spacial score (nSPS) is 21.4. The van der Waals surface area contributed by atoms with E-state index in [0.717, 1.165) is 10.4 Å². The molecule has 1 amide bonds. The molecule has 0 aliphatic carbocycles. The van der Waals surface area contributed by atoms with Crippen LogP contribution >= 0.6 is 11.3 Å². The molecule has 7 nitrogen and oxygen atoms in total. The van der Waals surface area contributed by atoms with E-state index in [4.69, 9.17) is 14.2 Å². The number of benzene rings is 1. The molecule has 1 saturated heterocycles. The quantitative estimate of drug-likeness (QED) is 0.851. The second kappa shape index (κ2) is 6.62. The van der Waals surface area contributed by atoms with Gasteiger partial charge in [0.25, 0.3) is 5.91 Å². The molecule has 1 aromatic heterocycles. The van der Waals surface area contributed by atoms with Gasteiger partial charge in [0, 0.05) is 17.9 Å². The van der Waals surface area contributed by atoms with Gasteiger partial charge >= 0.3 is 5.97 Å². The highest BCUT2D eigenvalue weighted by Crippen LogP contribution is 2.37. The van der Waals surface area contributed by atoms with Gasteiger partial charge in [-0.05, 0) is 35.9 Å². The highest BCUT2D eigenvalue weighted by atomic mass is 32.1. The van der Waals surface area contributed by atoms with E-state index in [1.54, 1.807) is 6.07 Å². The summed E-state index contributed by atoms with van der Waals surface area (Å²) < 4.78 is 16.3. The zero-order chi connectivity index (χ0) is 18.1. The fraction of sp³-hybridized carbons (Fsp3) is 0.333. The van der Waals surface area contributed by atoms with Crippen LogP contribution in [0.15, 0.2) is 30.3 Å². The molecule has 0 saturated carbocycles. The molecule has 2 N–H and O–H groups in total. The lowest BCUT2D eigenvalue weighted by atomic mass is 9.99. The van der Waals surface area contributed by atoms with Crippen LogP contribution in [0.25, 0.3) is 10.4 Å². The highest BCUT2D eigenvalue weighted by Gasteiger charge is 2.44. The molecule has 2 aliphatic heterocycles. The Morgan fingerprint density at radius 1 is 1.08 bits per heavy atom. The summed E-state index contributed by atoms with van der Waals surface area (Å²) in [6.07, 6.45) is 0.258. The van der Waals surface area contributed by atoms with Crippen molar-refractivity contribution < 1.29 is 28.9 Å². The van der Waals surface area contributed by atoms with Crippen molar-refractivity contribution in [1.82, 2.24) is 5.32 Å². The van der Waals surface area contributed by atoms with Crippen LogP contribution in [0.3, 0.4) is 0 Å². The number of fused-ring (bicyclic) bond motifs is 1. The Morgan fingerprint density at radius 3 is 2.62 bits per heavy atom. The SMILES string of the molecule is O=C(NC1(C(=O)O)CCOC1)c1ccc(-c2ccc3c(c2)OCCO3)s1. The van der Waals surface area contributed by atoms with E-state index in [2.05, 4.69) is 5.32 Å². The average molecular weight is 375 g/mol. The van der Waals surface area contributed by atoms with Gasteiger partial charge in [0.05, 0.1) is 11.5 Å². The van der Waals surface area contributed by atoms with Gasteiger partial charge in [-0.25, -0.2) is 4.79 Å². The van der Waals surface area contributed by atoms with E-state index in [-0.39, 0.29) is 13.0 Å². The minimum atomic E-state index is -1.35. The molecular weight excluding hydrogens is 358 g/mol. The smallest absolute Gasteiger partial charge is 0.331 e. The lowest BCUT2D eigenvalue weighted by Gasteiger charge is -2.23. The molecule has 0 spiro atoms. The van der Waals surface area contributed by atoms with Crippen LogP contribution in [0, 0.1) is 0 Å². The number of rotatable bonds is 4. The number of carbonyl (C=O) groups is 2. The largest absolute Gasteiger partial charge is 0.486 e. The first-order valence-electron chi connectivity index (χ1n) is 8.21. The predicted octanol–water partition coefficient (Wildman–Crippen LogP) is 2.16. The maximum Gasteiger partial charge on any atom is 0.331 e. The summed E-state index contributed by atoms with van der Waals surface area (Å²) in [5, 5.41) is 12.1. The van der Waals surface area contributed by atoms with E-state index < -0.39 is 17.4 Å². The Morgan fingerprint density at radius 2 is 1.88 bits per heavy atom. The number of amides is 1. The lowest BCUT2D eigenvalue weighted by molar-refractivity contribution is -0.144. The van der Waals surface area contributed by atoms with E-state index in [1.807, 2.05) is 24.3 Å². The molecule has 8 heteroatoms. The number of hydrogen-bond donors (Lipinski definition) is 2. The van der Waals surface area contributed by atoms with Gasteiger partial charge in [-0.15, -0.1) is 11.3 Å². The van der Waals surface area contributed by atoms with Crippen molar-refractivity contribution in [2.45, 2.75) is 12.0 Å². The van der Waals surface area contributed by atoms with Crippen LogP contribution in [0.5, 0.6) is 11.5 Å². The van der Waals surface area contributed by atoms with Gasteiger partial charge in [-0.2, -0.15) is 0 Å². The number of carboxylic acids is 1. The summed E-state index contributed by atoms with van der Waals surface area (Å²) in [6, 6.07) is 9.16. The van der Waals surface area contributed by atoms with E-state index in [0.29, 0.717) is 36.2 Å². The molecule has 26 heavy (non-hydrogen) atoms. The third kappa shape index (κ3) is 3.02. The fourth-order valence-corrected chi connectivity index (χ4v) is 3.87. The van der Waals surface area contributed by atoms with Crippen molar-refractivity contribution in [1.29, 1.82) is 0 Å². The van der Waals surface area contributed by atoms with Crippen LogP contribution in [0.4, 0.5) is 0 Å². The van der Waals surface area contributed by atoms with Crippen LogP contribution < -0.4 is 14.8 Å². The molecule has 0 radical (unpaired) electrons. The van der Waals surface area contributed by atoms with Gasteiger partial charge in [0.15, 0.2) is 17.0 Å². The highest BCUT2D eigenvalue weighted by molar-refractivity contribution is 7.17. The van der Waals surface area contributed by atoms with Crippen molar-refractivity contribution in [3.63, 3.8) is 0 Å². The standard InChI is InChI=1S/C18H17NO6S/c20-16(19-18(17(21)22)5-6-23-10-18)15-4-3-14(26-15)11-1-2-12-13(9-11)25-8-7-24-12/h1-4,9H,5-8,10H2,(H,19,20)(H,21,22). The van der Waals surface area contributed by atoms with Crippen LogP contribution in [-0.2, 0) is 9.53 Å². The van der Waals surface area contributed by atoms with Gasteiger partial charge in [0.2, 0.25) is 0 Å². The fourth-order valence-electron chi connectivity index (χ4n) is 2.98. The Hall–Kier alpha value is -2.58. The Balaban J connectivity index is 1.54. The summed E-state index contributed by atoms with van der Waals surface area (Å²) >= 11 is 1.30. The van der Waals surface area contributed by atoms with Gasteiger partial charge in [0.1, 0.15) is 13.2 Å². The number of nitrogens with one attached hydrogen (secondary N) is 1. The Bertz CT molecular complexity index is 855. The van der Waals surface area contributed by atoms with E-state index in [1.165, 1.54) is 11.3 Å². The van der Waals surface area contributed by atoms with Crippen LogP contribution in [0.1, 0.15) is 16.1 Å². The molecule has 136 valence electrons. The zero-order valence-electron chi connectivity index (χ0n) is 13.8. The van der Waals surface area contributed by atoms with Crippen molar-refractivity contribution in [2.75, 3.05) is 26.4 Å². The maximum absolute atomic E-state index is 12.5. The minimum Gasteiger partial charge on any atom is -0.486 e. The van der Waals surface area contributed by atoms with Crippen LogP contribution in [0.2, 0.25) is 0 Å². The second-order valence-electron chi connectivity index (χ2n) is 6.17. The molecule has 1 unspecified atom stereocenters. The monoisotopic (exact) mass is 375 g/mol. The first-order chi connectivity index (χ1) is 12.6. The third-order valence-corrected chi connectivity index (χ3v) is 5.57. The zero-order valence-corrected chi connectivity index (χ0v) is 14.6. The summed E-state index contributed by atoms with van der Waals surface area (Å²) in [5.74, 6) is -0.0982. The number of aliphatic carboxylic acids is 1. The second-order valence-corrected chi connectivity index (χ2v) is 7.25. The molecule has 1 aromatic carbocycles. The first kappa shape index (κ1) is 16.9. The Labute approximate surface area is 153 Å². The molecule has 0 bridgehead atoms.